The Bertz CT molecular complexity index is 1010. The second-order valence-electron chi connectivity index (χ2n) is 7.78. The van der Waals surface area contributed by atoms with Gasteiger partial charge < -0.3 is 14.9 Å². The summed E-state index contributed by atoms with van der Waals surface area (Å²) in [7, 11) is 0. The van der Waals surface area contributed by atoms with Crippen molar-refractivity contribution in [3.8, 4) is 5.75 Å². The van der Waals surface area contributed by atoms with Gasteiger partial charge in [0, 0.05) is 0 Å². The molecule has 182 valence electrons. The number of rotatable bonds is 7. The van der Waals surface area contributed by atoms with Crippen LogP contribution in [0.15, 0.2) is 54.6 Å². The number of carbonyl (C=O) groups excluding carboxylic acids is 3. The number of amides is 2. The third kappa shape index (κ3) is 6.04. The summed E-state index contributed by atoms with van der Waals surface area (Å²) >= 11 is 0. The molecule has 0 spiro atoms. The molecule has 3 rings (SSSR count). The molecule has 2 aromatic carbocycles. The van der Waals surface area contributed by atoms with Crippen LogP contribution >= 0.6 is 0 Å². The zero-order chi connectivity index (χ0) is 24.8. The van der Waals surface area contributed by atoms with Gasteiger partial charge in [-0.3, -0.25) is 14.9 Å². The summed E-state index contributed by atoms with van der Waals surface area (Å²) in [6, 6.07) is 15.3. The van der Waals surface area contributed by atoms with Gasteiger partial charge in [0.25, 0.3) is 5.91 Å². The smallest absolute Gasteiger partial charge is 0.489 e. The van der Waals surface area contributed by atoms with Crippen LogP contribution in [0.2, 0.25) is 0 Å². The second kappa shape index (κ2) is 10.6. The average Bonchev–Trinajstić information content (AvgIpc) is 3.32. The molecule has 1 aliphatic rings. The first-order chi connectivity index (χ1) is 16.1. The van der Waals surface area contributed by atoms with Crippen molar-refractivity contribution < 1.29 is 37.1 Å². The molecule has 0 aromatic heterocycles. The molecule has 1 heterocycles. The van der Waals surface area contributed by atoms with E-state index in [1.165, 1.54) is 12.4 Å². The number of ether oxygens (including phenoxy) is 1. The number of halogens is 3. The highest BCUT2D eigenvalue weighted by molar-refractivity contribution is 5.93. The summed E-state index contributed by atoms with van der Waals surface area (Å²) in [5.74, 6) is -3.60. The average molecular weight is 479 g/mol. The third-order valence-corrected chi connectivity index (χ3v) is 5.36. The van der Waals surface area contributed by atoms with Crippen molar-refractivity contribution >= 4 is 17.8 Å². The molecule has 1 fully saturated rings. The Morgan fingerprint density at radius 2 is 1.76 bits per heavy atom. The Labute approximate surface area is 193 Å². The molecule has 1 saturated heterocycles. The van der Waals surface area contributed by atoms with E-state index in [4.69, 9.17) is 4.74 Å². The van der Waals surface area contributed by atoms with Crippen molar-refractivity contribution in [2.24, 2.45) is 0 Å². The molecule has 34 heavy (non-hydrogen) atoms. The van der Waals surface area contributed by atoms with Gasteiger partial charge in [-0.2, -0.15) is 18.7 Å². The topological polar surface area (TPSA) is 106 Å². The van der Waals surface area contributed by atoms with Crippen LogP contribution in [0, 0.1) is 0 Å². The summed E-state index contributed by atoms with van der Waals surface area (Å²) in [6.45, 7) is 2.21. The normalized spacial score (nSPS) is 18.6. The van der Waals surface area contributed by atoms with Gasteiger partial charge in [-0.15, -0.1) is 0 Å². The zero-order valence-electron chi connectivity index (χ0n) is 18.3. The first-order valence-electron chi connectivity index (χ1n) is 10.5. The standard InChI is InChI=1S/C23H24F3N3O5/c1-15(19(30)29-34-21(32)23(24,25)26)28-20(31)22(12-5-13-27-22)17-8-10-18(11-9-17)33-14-16-6-3-2-4-7-16/h2-4,6-11,15,27H,5,12-14H2,1H3,(H,28,31)(H,29,30)/t15-,22?/m0/s1. The van der Waals surface area contributed by atoms with Crippen molar-refractivity contribution in [1.82, 2.24) is 16.1 Å². The predicted molar refractivity (Wildman–Crippen MR) is 114 cm³/mol. The van der Waals surface area contributed by atoms with Gasteiger partial charge in [0.1, 0.15) is 23.9 Å². The molecule has 2 aromatic rings. The van der Waals surface area contributed by atoms with E-state index in [2.05, 4.69) is 15.5 Å². The largest absolute Gasteiger partial charge is 0.493 e. The van der Waals surface area contributed by atoms with Gasteiger partial charge in [-0.05, 0) is 49.6 Å². The lowest BCUT2D eigenvalue weighted by Gasteiger charge is -2.30. The summed E-state index contributed by atoms with van der Waals surface area (Å²) in [6.07, 6.45) is -4.11. The maximum absolute atomic E-state index is 13.1. The number of carbonyl (C=O) groups is 3. The van der Waals surface area contributed by atoms with Crippen LogP contribution in [0.1, 0.15) is 30.9 Å². The van der Waals surface area contributed by atoms with Crippen molar-refractivity contribution in [2.45, 2.75) is 44.1 Å². The van der Waals surface area contributed by atoms with Gasteiger partial charge >= 0.3 is 12.1 Å². The minimum Gasteiger partial charge on any atom is -0.489 e. The lowest BCUT2D eigenvalue weighted by atomic mass is 9.87. The highest BCUT2D eigenvalue weighted by Crippen LogP contribution is 2.32. The molecule has 2 amide bonds. The molecular formula is C23H24F3N3O5. The van der Waals surface area contributed by atoms with E-state index in [0.717, 1.165) is 5.56 Å². The third-order valence-electron chi connectivity index (χ3n) is 5.36. The Kier molecular flexibility index (Phi) is 7.77. The molecule has 0 aliphatic carbocycles. The van der Waals surface area contributed by atoms with E-state index in [9.17, 15) is 27.6 Å². The highest BCUT2D eigenvalue weighted by Gasteiger charge is 2.44. The lowest BCUT2D eigenvalue weighted by molar-refractivity contribution is -0.207. The maximum Gasteiger partial charge on any atom is 0.493 e. The van der Waals surface area contributed by atoms with E-state index in [1.807, 2.05) is 30.3 Å². The fourth-order valence-electron chi connectivity index (χ4n) is 3.52. The maximum atomic E-state index is 13.1. The fraction of sp³-hybridized carbons (Fsp3) is 0.348. The van der Waals surface area contributed by atoms with Crippen molar-refractivity contribution in [3.63, 3.8) is 0 Å². The van der Waals surface area contributed by atoms with Gasteiger partial charge in [0.05, 0.1) is 0 Å². The molecule has 1 unspecified atom stereocenters. The number of hydrogen-bond acceptors (Lipinski definition) is 6. The Balaban J connectivity index is 1.63. The summed E-state index contributed by atoms with van der Waals surface area (Å²) < 4.78 is 42.4. The van der Waals surface area contributed by atoms with Gasteiger partial charge in [-0.25, -0.2) is 4.79 Å². The Morgan fingerprint density at radius 3 is 2.35 bits per heavy atom. The summed E-state index contributed by atoms with van der Waals surface area (Å²) in [4.78, 5) is 39.6. The summed E-state index contributed by atoms with van der Waals surface area (Å²) in [5.41, 5.74) is 1.93. The van der Waals surface area contributed by atoms with Gasteiger partial charge in [0.15, 0.2) is 0 Å². The van der Waals surface area contributed by atoms with Crippen LogP contribution < -0.4 is 20.9 Å². The molecule has 0 radical (unpaired) electrons. The quantitative estimate of drug-likeness (QED) is 0.527. The predicted octanol–water partition coefficient (Wildman–Crippen LogP) is 2.49. The van der Waals surface area contributed by atoms with Gasteiger partial charge in [-0.1, -0.05) is 42.5 Å². The Morgan fingerprint density at radius 1 is 1.09 bits per heavy atom. The number of hydroxylamine groups is 1. The van der Waals surface area contributed by atoms with Crippen LogP contribution in [0.3, 0.4) is 0 Å². The molecule has 1 aliphatic heterocycles. The van der Waals surface area contributed by atoms with Crippen LogP contribution in [0.25, 0.3) is 0 Å². The highest BCUT2D eigenvalue weighted by atomic mass is 19.4. The van der Waals surface area contributed by atoms with Crippen molar-refractivity contribution in [1.29, 1.82) is 0 Å². The van der Waals surface area contributed by atoms with Crippen LogP contribution in [0.5, 0.6) is 5.75 Å². The first-order valence-corrected chi connectivity index (χ1v) is 10.5. The van der Waals surface area contributed by atoms with Crippen molar-refractivity contribution in [3.05, 3.63) is 65.7 Å². The molecule has 0 saturated carbocycles. The van der Waals surface area contributed by atoms with E-state index in [0.29, 0.717) is 37.3 Å². The number of hydrogen-bond donors (Lipinski definition) is 3. The van der Waals surface area contributed by atoms with Crippen LogP contribution in [-0.2, 0) is 31.4 Å². The number of benzene rings is 2. The summed E-state index contributed by atoms with van der Waals surface area (Å²) in [5, 5.41) is 5.63. The Hall–Kier alpha value is -3.60. The fourth-order valence-corrected chi connectivity index (χ4v) is 3.52. The first kappa shape index (κ1) is 25.0. The van der Waals surface area contributed by atoms with E-state index < -0.39 is 35.5 Å². The minimum absolute atomic E-state index is 0.385. The number of alkyl halides is 3. The van der Waals surface area contributed by atoms with Crippen LogP contribution in [-0.4, -0.2) is 36.5 Å². The number of nitrogens with one attached hydrogen (secondary N) is 3. The van der Waals surface area contributed by atoms with E-state index in [-0.39, 0.29) is 0 Å². The lowest BCUT2D eigenvalue weighted by Crippen LogP contribution is -2.56. The SMILES string of the molecule is C[C@H](NC(=O)C1(c2ccc(OCc3ccccc3)cc2)CCCN1)C(=O)NOC(=O)C(F)(F)F. The molecular weight excluding hydrogens is 455 g/mol. The van der Waals surface area contributed by atoms with Crippen LogP contribution in [0.4, 0.5) is 13.2 Å². The molecule has 2 atom stereocenters. The van der Waals surface area contributed by atoms with Crippen molar-refractivity contribution in [2.75, 3.05) is 6.54 Å². The minimum atomic E-state index is -5.26. The van der Waals surface area contributed by atoms with Gasteiger partial charge in [0.2, 0.25) is 5.91 Å². The van der Waals surface area contributed by atoms with E-state index >= 15 is 0 Å². The van der Waals surface area contributed by atoms with E-state index in [1.54, 1.807) is 24.3 Å². The molecule has 8 nitrogen and oxygen atoms in total. The molecule has 3 N–H and O–H groups in total. The zero-order valence-corrected chi connectivity index (χ0v) is 18.3. The molecule has 11 heteroatoms. The molecule has 0 bridgehead atoms. The monoisotopic (exact) mass is 479 g/mol. The second-order valence-corrected chi connectivity index (χ2v) is 7.78.